The van der Waals surface area contributed by atoms with Crippen molar-refractivity contribution in [2.75, 3.05) is 13.4 Å². The standard InChI is InChI=1S/C41H78O6/c42-37-47-41(45)34-30-26-22-18-14-10-6-2-4-8-12-16-20-24-28-32-39-38(35-36-46-39)31-27-23-19-15-11-7-3-1-5-9-13-17-21-25-29-33-40(43)44/h38-39,42H,1-37H2,(H,43,44). The molecular weight excluding hydrogens is 588 g/mol. The van der Waals surface area contributed by atoms with Crippen LogP contribution in [0.3, 0.4) is 0 Å². The van der Waals surface area contributed by atoms with Crippen molar-refractivity contribution in [1.29, 1.82) is 0 Å². The summed E-state index contributed by atoms with van der Waals surface area (Å²) in [6, 6.07) is 0. The van der Waals surface area contributed by atoms with E-state index in [0.29, 0.717) is 18.9 Å². The third-order valence-corrected chi connectivity index (χ3v) is 10.4. The van der Waals surface area contributed by atoms with Crippen molar-refractivity contribution in [2.24, 2.45) is 5.92 Å². The summed E-state index contributed by atoms with van der Waals surface area (Å²) < 4.78 is 10.7. The number of carbonyl (C=O) groups is 2. The quantitative estimate of drug-likeness (QED) is 0.0389. The van der Waals surface area contributed by atoms with Crippen molar-refractivity contribution in [3.05, 3.63) is 0 Å². The lowest BCUT2D eigenvalue weighted by Crippen LogP contribution is -2.15. The van der Waals surface area contributed by atoms with E-state index in [-0.39, 0.29) is 5.97 Å². The van der Waals surface area contributed by atoms with E-state index in [9.17, 15) is 9.59 Å². The molecule has 0 aliphatic carbocycles. The number of carboxylic acid groups (broad SMARTS) is 1. The van der Waals surface area contributed by atoms with Crippen LogP contribution in [0.1, 0.15) is 225 Å². The van der Waals surface area contributed by atoms with Gasteiger partial charge in [0.1, 0.15) is 0 Å². The van der Waals surface area contributed by atoms with Crippen molar-refractivity contribution in [3.63, 3.8) is 0 Å². The fourth-order valence-electron chi connectivity index (χ4n) is 7.38. The molecule has 2 unspecified atom stereocenters. The van der Waals surface area contributed by atoms with E-state index in [1.54, 1.807) is 0 Å². The molecule has 0 aromatic heterocycles. The van der Waals surface area contributed by atoms with Gasteiger partial charge in [-0.25, -0.2) is 0 Å². The van der Waals surface area contributed by atoms with Gasteiger partial charge in [-0.05, 0) is 38.0 Å². The molecule has 0 amide bonds. The fraction of sp³-hybridized carbons (Fsp3) is 0.951. The zero-order valence-electron chi connectivity index (χ0n) is 30.8. The summed E-state index contributed by atoms with van der Waals surface area (Å²) in [5.41, 5.74) is 0. The second-order valence-electron chi connectivity index (χ2n) is 14.7. The predicted octanol–water partition coefficient (Wildman–Crippen LogP) is 12.2. The number of carbonyl (C=O) groups excluding carboxylic acids is 1. The van der Waals surface area contributed by atoms with Crippen molar-refractivity contribution in [1.82, 2.24) is 0 Å². The van der Waals surface area contributed by atoms with Gasteiger partial charge in [0, 0.05) is 19.4 Å². The van der Waals surface area contributed by atoms with Crippen LogP contribution in [0, 0.1) is 5.92 Å². The first-order valence-corrected chi connectivity index (χ1v) is 20.7. The van der Waals surface area contributed by atoms with E-state index in [1.165, 1.54) is 186 Å². The Morgan fingerprint density at radius 1 is 0.489 bits per heavy atom. The second kappa shape index (κ2) is 34.7. The summed E-state index contributed by atoms with van der Waals surface area (Å²) in [6.07, 6.45) is 44.5. The van der Waals surface area contributed by atoms with E-state index < -0.39 is 12.8 Å². The van der Waals surface area contributed by atoms with Crippen LogP contribution in [0.2, 0.25) is 0 Å². The first-order valence-electron chi connectivity index (χ1n) is 20.7. The van der Waals surface area contributed by atoms with Crippen LogP contribution >= 0.6 is 0 Å². The van der Waals surface area contributed by atoms with Gasteiger partial charge in [0.15, 0.2) is 6.79 Å². The van der Waals surface area contributed by atoms with E-state index >= 15 is 0 Å². The number of aliphatic hydroxyl groups is 1. The van der Waals surface area contributed by atoms with Gasteiger partial charge in [-0.15, -0.1) is 0 Å². The summed E-state index contributed by atoms with van der Waals surface area (Å²) in [5, 5.41) is 17.2. The third kappa shape index (κ3) is 30.6. The molecule has 6 heteroatoms. The maximum Gasteiger partial charge on any atom is 0.307 e. The van der Waals surface area contributed by atoms with Crippen LogP contribution in [0.4, 0.5) is 0 Å². The molecule has 0 spiro atoms. The Morgan fingerprint density at radius 2 is 0.830 bits per heavy atom. The van der Waals surface area contributed by atoms with Gasteiger partial charge in [-0.3, -0.25) is 9.59 Å². The van der Waals surface area contributed by atoms with Crippen LogP contribution in [-0.4, -0.2) is 41.7 Å². The number of aliphatic carboxylic acids is 1. The molecule has 6 nitrogen and oxygen atoms in total. The number of hydrogen-bond donors (Lipinski definition) is 2. The summed E-state index contributed by atoms with van der Waals surface area (Å²) in [4.78, 5) is 21.7. The monoisotopic (exact) mass is 667 g/mol. The average Bonchev–Trinajstić information content (AvgIpc) is 3.51. The lowest BCUT2D eigenvalue weighted by Gasteiger charge is -2.18. The Kier molecular flexibility index (Phi) is 32.4. The molecule has 2 N–H and O–H groups in total. The molecule has 1 aliphatic rings. The Labute approximate surface area is 290 Å². The molecule has 0 radical (unpaired) electrons. The number of esters is 1. The highest BCUT2D eigenvalue weighted by atomic mass is 16.6. The predicted molar refractivity (Wildman–Crippen MR) is 196 cm³/mol. The lowest BCUT2D eigenvalue weighted by molar-refractivity contribution is -0.151. The van der Waals surface area contributed by atoms with Crippen LogP contribution in [0.5, 0.6) is 0 Å². The van der Waals surface area contributed by atoms with Gasteiger partial charge in [0.2, 0.25) is 0 Å². The van der Waals surface area contributed by atoms with Crippen LogP contribution in [-0.2, 0) is 19.1 Å². The summed E-state index contributed by atoms with van der Waals surface area (Å²) in [6.45, 7) is 0.496. The summed E-state index contributed by atoms with van der Waals surface area (Å²) >= 11 is 0. The van der Waals surface area contributed by atoms with Crippen molar-refractivity contribution in [3.8, 4) is 0 Å². The van der Waals surface area contributed by atoms with Gasteiger partial charge in [-0.2, -0.15) is 0 Å². The van der Waals surface area contributed by atoms with Gasteiger partial charge >= 0.3 is 11.9 Å². The summed E-state index contributed by atoms with van der Waals surface area (Å²) in [5.74, 6) is -0.118. The number of unbranched alkanes of at least 4 members (excludes halogenated alkanes) is 28. The van der Waals surface area contributed by atoms with Crippen molar-refractivity contribution < 1.29 is 29.3 Å². The third-order valence-electron chi connectivity index (χ3n) is 10.4. The highest BCUT2D eigenvalue weighted by molar-refractivity contribution is 5.69. The zero-order chi connectivity index (χ0) is 33.9. The Morgan fingerprint density at radius 3 is 1.21 bits per heavy atom. The van der Waals surface area contributed by atoms with Crippen LogP contribution < -0.4 is 0 Å². The molecule has 0 bridgehead atoms. The van der Waals surface area contributed by atoms with Crippen molar-refractivity contribution in [2.45, 2.75) is 231 Å². The minimum Gasteiger partial charge on any atom is -0.481 e. The SMILES string of the molecule is O=C(O)CCCCCCCCCCCCCCCCCC1CCOC1CCCCCCCCCCCCCCCCCC(=O)OCO. The maximum absolute atomic E-state index is 11.2. The molecule has 1 aliphatic heterocycles. The van der Waals surface area contributed by atoms with Crippen LogP contribution in [0.25, 0.3) is 0 Å². The van der Waals surface area contributed by atoms with Gasteiger partial charge in [0.05, 0.1) is 6.10 Å². The smallest absolute Gasteiger partial charge is 0.307 e. The van der Waals surface area contributed by atoms with Crippen molar-refractivity contribution >= 4 is 11.9 Å². The van der Waals surface area contributed by atoms with Gasteiger partial charge in [-0.1, -0.05) is 180 Å². The molecule has 0 aromatic rings. The molecule has 1 saturated heterocycles. The molecule has 1 fully saturated rings. The maximum atomic E-state index is 11.2. The summed E-state index contributed by atoms with van der Waals surface area (Å²) in [7, 11) is 0. The molecule has 0 aromatic carbocycles. The highest BCUT2D eigenvalue weighted by Crippen LogP contribution is 2.30. The number of carboxylic acids is 1. The number of aliphatic hydroxyl groups excluding tert-OH is 1. The Bertz CT molecular complexity index is 683. The number of ether oxygens (including phenoxy) is 2. The Balaban J connectivity index is 1.77. The average molecular weight is 667 g/mol. The minimum atomic E-state index is -0.657. The molecule has 0 saturated carbocycles. The lowest BCUT2D eigenvalue weighted by atomic mass is 9.91. The topological polar surface area (TPSA) is 93.1 Å². The molecule has 47 heavy (non-hydrogen) atoms. The number of rotatable bonds is 37. The van der Waals surface area contributed by atoms with Gasteiger partial charge in [0.25, 0.3) is 0 Å². The normalized spacial score (nSPS) is 16.2. The first-order chi connectivity index (χ1) is 23.1. The Hall–Kier alpha value is -1.14. The highest BCUT2D eigenvalue weighted by Gasteiger charge is 2.26. The molecule has 2 atom stereocenters. The minimum absolute atomic E-state index is 0.284. The first kappa shape index (κ1) is 43.9. The second-order valence-corrected chi connectivity index (χ2v) is 14.7. The molecule has 278 valence electrons. The largest absolute Gasteiger partial charge is 0.481 e. The van der Waals surface area contributed by atoms with E-state index in [0.717, 1.165) is 38.2 Å². The molecule has 1 rings (SSSR count). The fourth-order valence-corrected chi connectivity index (χ4v) is 7.38. The van der Waals surface area contributed by atoms with E-state index in [1.807, 2.05) is 0 Å². The van der Waals surface area contributed by atoms with Crippen LogP contribution in [0.15, 0.2) is 0 Å². The van der Waals surface area contributed by atoms with E-state index in [4.69, 9.17) is 14.9 Å². The van der Waals surface area contributed by atoms with E-state index in [2.05, 4.69) is 4.74 Å². The van der Waals surface area contributed by atoms with Gasteiger partial charge < -0.3 is 19.7 Å². The molecular formula is C41H78O6. The number of hydrogen-bond acceptors (Lipinski definition) is 5. The molecule has 1 heterocycles. The zero-order valence-corrected chi connectivity index (χ0v) is 30.8.